The van der Waals surface area contributed by atoms with Crippen molar-refractivity contribution in [1.29, 1.82) is 0 Å². The highest BCUT2D eigenvalue weighted by Crippen LogP contribution is 2.53. The Morgan fingerprint density at radius 2 is 1.20 bits per heavy atom. The van der Waals surface area contributed by atoms with Gasteiger partial charge in [0.1, 0.15) is 0 Å². The van der Waals surface area contributed by atoms with Gasteiger partial charge in [0.15, 0.2) is 0 Å². The van der Waals surface area contributed by atoms with Crippen LogP contribution in [-0.2, 0) is 5.41 Å². The van der Waals surface area contributed by atoms with Crippen LogP contribution in [0.15, 0.2) is 152 Å². The van der Waals surface area contributed by atoms with Gasteiger partial charge >= 0.3 is 0 Å². The Hall–Kier alpha value is -5.67. The molecule has 9 rings (SSSR count). The van der Waals surface area contributed by atoms with E-state index in [4.69, 9.17) is 0 Å². The van der Waals surface area contributed by atoms with Gasteiger partial charge in [-0.3, -0.25) is 4.98 Å². The van der Waals surface area contributed by atoms with Crippen LogP contribution in [0.1, 0.15) is 25.0 Å². The molecule has 8 aromatic rings. The van der Waals surface area contributed by atoms with Crippen LogP contribution in [0.4, 0.5) is 17.1 Å². The van der Waals surface area contributed by atoms with Crippen LogP contribution in [-0.4, -0.2) is 9.55 Å². The number of rotatable bonds is 4. The summed E-state index contributed by atoms with van der Waals surface area (Å²) in [6.45, 7) is 4.75. The van der Waals surface area contributed by atoms with Crippen molar-refractivity contribution in [2.24, 2.45) is 0 Å². The summed E-state index contributed by atoms with van der Waals surface area (Å²) < 4.78 is 2.34. The number of para-hydroxylation sites is 2. The lowest BCUT2D eigenvalue weighted by molar-refractivity contribution is 0.666. The summed E-state index contributed by atoms with van der Waals surface area (Å²) in [5.41, 5.74) is 12.2. The van der Waals surface area contributed by atoms with E-state index in [0.717, 1.165) is 22.7 Å². The standard InChI is InChI=1S/C42H31N3/c1-42(2)38-27-32(17-20-34(38)36-19-16-28-10-6-7-13-33(28)41(36)42)44(29-11-4-3-5-12-29)31-18-21-40-37(26-31)35-14-8-9-15-39(35)45(40)30-22-24-43-25-23-30/h3-27H,1-2H3. The summed E-state index contributed by atoms with van der Waals surface area (Å²) in [5.74, 6) is 0. The number of anilines is 3. The van der Waals surface area contributed by atoms with Crippen molar-refractivity contribution in [2.45, 2.75) is 19.3 Å². The van der Waals surface area contributed by atoms with Gasteiger partial charge in [-0.15, -0.1) is 0 Å². The van der Waals surface area contributed by atoms with Crippen LogP contribution in [0, 0.1) is 0 Å². The van der Waals surface area contributed by atoms with Gasteiger partial charge in [0.25, 0.3) is 0 Å². The molecule has 0 atom stereocenters. The quantitative estimate of drug-likeness (QED) is 0.207. The van der Waals surface area contributed by atoms with Gasteiger partial charge in [-0.1, -0.05) is 92.7 Å². The maximum atomic E-state index is 4.26. The zero-order valence-electron chi connectivity index (χ0n) is 25.3. The Kier molecular flexibility index (Phi) is 5.54. The van der Waals surface area contributed by atoms with Crippen molar-refractivity contribution < 1.29 is 0 Å². The highest BCUT2D eigenvalue weighted by molar-refractivity contribution is 6.10. The molecule has 0 radical (unpaired) electrons. The minimum absolute atomic E-state index is 0.133. The molecule has 0 bridgehead atoms. The summed E-state index contributed by atoms with van der Waals surface area (Å²) in [6.07, 6.45) is 3.72. The summed E-state index contributed by atoms with van der Waals surface area (Å²) in [4.78, 5) is 6.66. The molecule has 45 heavy (non-hydrogen) atoms. The zero-order valence-corrected chi connectivity index (χ0v) is 25.3. The fourth-order valence-electron chi connectivity index (χ4n) is 7.62. The number of nitrogens with zero attached hydrogens (tertiary/aromatic N) is 3. The van der Waals surface area contributed by atoms with Crippen LogP contribution in [0.3, 0.4) is 0 Å². The molecule has 2 heterocycles. The number of fused-ring (bicyclic) bond motifs is 8. The monoisotopic (exact) mass is 577 g/mol. The Balaban J connectivity index is 1.25. The van der Waals surface area contributed by atoms with Crippen molar-refractivity contribution in [3.8, 4) is 16.8 Å². The maximum absolute atomic E-state index is 4.26. The van der Waals surface area contributed by atoms with E-state index in [2.05, 4.69) is 168 Å². The van der Waals surface area contributed by atoms with Gasteiger partial charge in [-0.05, 0) is 93.7 Å². The highest BCUT2D eigenvalue weighted by Gasteiger charge is 2.37. The average molecular weight is 578 g/mol. The first-order valence-electron chi connectivity index (χ1n) is 15.6. The second-order valence-corrected chi connectivity index (χ2v) is 12.5. The smallest absolute Gasteiger partial charge is 0.0542 e. The van der Waals surface area contributed by atoms with Gasteiger partial charge in [0.2, 0.25) is 0 Å². The molecule has 0 spiro atoms. The van der Waals surface area contributed by atoms with Gasteiger partial charge in [-0.2, -0.15) is 0 Å². The number of hydrogen-bond acceptors (Lipinski definition) is 2. The second-order valence-electron chi connectivity index (χ2n) is 12.5. The Labute approximate surface area is 262 Å². The topological polar surface area (TPSA) is 21.1 Å². The van der Waals surface area contributed by atoms with Crippen LogP contribution in [0.25, 0.3) is 49.4 Å². The van der Waals surface area contributed by atoms with E-state index in [1.54, 1.807) is 0 Å². The van der Waals surface area contributed by atoms with Crippen molar-refractivity contribution in [3.05, 3.63) is 163 Å². The molecule has 0 unspecified atom stereocenters. The van der Waals surface area contributed by atoms with Gasteiger partial charge in [-0.25, -0.2) is 0 Å². The van der Waals surface area contributed by atoms with Crippen LogP contribution in [0.5, 0.6) is 0 Å². The molecule has 2 aromatic heterocycles. The summed E-state index contributed by atoms with van der Waals surface area (Å²) in [6, 6.07) is 50.8. The molecule has 0 amide bonds. The van der Waals surface area contributed by atoms with E-state index < -0.39 is 0 Å². The number of benzene rings is 6. The SMILES string of the molecule is CC1(C)c2cc(N(c3ccccc3)c3ccc4c(c3)c3ccccc3n4-c3ccncc3)ccc2-c2ccc3ccccc3c21. The van der Waals surface area contributed by atoms with Crippen molar-refractivity contribution in [2.75, 3.05) is 4.90 Å². The van der Waals surface area contributed by atoms with Crippen molar-refractivity contribution in [1.82, 2.24) is 9.55 Å². The molecule has 0 saturated heterocycles. The van der Waals surface area contributed by atoms with E-state index >= 15 is 0 Å². The normalized spacial score (nSPS) is 13.3. The molecule has 0 fully saturated rings. The lowest BCUT2D eigenvalue weighted by atomic mass is 9.80. The Morgan fingerprint density at radius 3 is 2.04 bits per heavy atom. The minimum Gasteiger partial charge on any atom is -0.310 e. The van der Waals surface area contributed by atoms with Crippen LogP contribution >= 0.6 is 0 Å². The van der Waals surface area contributed by atoms with E-state index in [1.807, 2.05) is 12.4 Å². The summed E-state index contributed by atoms with van der Waals surface area (Å²) >= 11 is 0. The molecule has 3 nitrogen and oxygen atoms in total. The molecule has 6 aromatic carbocycles. The molecular weight excluding hydrogens is 546 g/mol. The fraction of sp³-hybridized carbons (Fsp3) is 0.0714. The third-order valence-corrected chi connectivity index (χ3v) is 9.63. The van der Waals surface area contributed by atoms with E-state index in [-0.39, 0.29) is 5.41 Å². The molecule has 0 saturated carbocycles. The maximum Gasteiger partial charge on any atom is 0.0542 e. The fourth-order valence-corrected chi connectivity index (χ4v) is 7.62. The van der Waals surface area contributed by atoms with Crippen LogP contribution in [0.2, 0.25) is 0 Å². The molecule has 1 aliphatic carbocycles. The van der Waals surface area contributed by atoms with E-state index in [0.29, 0.717) is 0 Å². The van der Waals surface area contributed by atoms with Crippen molar-refractivity contribution in [3.63, 3.8) is 0 Å². The van der Waals surface area contributed by atoms with Gasteiger partial charge < -0.3 is 9.47 Å². The first kappa shape index (κ1) is 25.8. The average Bonchev–Trinajstić information content (AvgIpc) is 3.54. The van der Waals surface area contributed by atoms with E-state index in [9.17, 15) is 0 Å². The summed E-state index contributed by atoms with van der Waals surface area (Å²) in [5, 5.41) is 5.09. The molecule has 214 valence electrons. The Bertz CT molecular complexity index is 2400. The lowest BCUT2D eigenvalue weighted by Crippen LogP contribution is -2.17. The first-order valence-corrected chi connectivity index (χ1v) is 15.6. The molecule has 0 N–H and O–H groups in total. The third-order valence-electron chi connectivity index (χ3n) is 9.63. The Morgan fingerprint density at radius 1 is 0.533 bits per heavy atom. The minimum atomic E-state index is -0.133. The first-order chi connectivity index (χ1) is 22.1. The number of aromatic nitrogens is 2. The molecule has 3 heteroatoms. The largest absolute Gasteiger partial charge is 0.310 e. The van der Waals surface area contributed by atoms with Gasteiger partial charge in [0, 0.05) is 51.3 Å². The predicted molar refractivity (Wildman–Crippen MR) is 188 cm³/mol. The van der Waals surface area contributed by atoms with E-state index in [1.165, 1.54) is 54.8 Å². The number of hydrogen-bond donors (Lipinski definition) is 0. The predicted octanol–water partition coefficient (Wildman–Crippen LogP) is 11.1. The zero-order chi connectivity index (χ0) is 30.1. The molecule has 1 aliphatic rings. The molecular formula is C42H31N3. The third kappa shape index (κ3) is 3.80. The highest BCUT2D eigenvalue weighted by atomic mass is 15.1. The summed E-state index contributed by atoms with van der Waals surface area (Å²) in [7, 11) is 0. The second kappa shape index (κ2) is 9.67. The number of pyridine rings is 1. The lowest BCUT2D eigenvalue weighted by Gasteiger charge is -2.28. The molecule has 0 aliphatic heterocycles. The van der Waals surface area contributed by atoms with Gasteiger partial charge in [0.05, 0.1) is 11.0 Å². The van der Waals surface area contributed by atoms with Crippen molar-refractivity contribution >= 4 is 49.6 Å². The van der Waals surface area contributed by atoms with Crippen LogP contribution < -0.4 is 4.90 Å².